The van der Waals surface area contributed by atoms with Crippen molar-refractivity contribution in [2.45, 2.75) is 49.4 Å². The average Bonchev–Trinajstić information content (AvgIpc) is 1.53. The summed E-state index contributed by atoms with van der Waals surface area (Å²) in [7, 11) is 0. The SMILES string of the molecule is FC(F)(F)c1ccc(-c2ccc3c4ccc(-c5ccc(C(F)(F)F)cc5C(F)(F)F)cc4n(-c4ccccc4-c4cc(-c5ccccc5)nc(-c5ccccc5-n5c6cc(-c7ccc(C(F)(F)F)cc7C(F)(F)F)ccc6c6ccc(-c7ccc(C(F)(F)F)cc7C(F)(F)F)cc65)n4)c3c2)c(C(F)(F)F)c1. The molecule has 0 aliphatic carbocycles. The van der Waals surface area contributed by atoms with Gasteiger partial charge in [-0.1, -0.05) is 133 Å². The first kappa shape index (κ1) is 71.4. The normalized spacial score (nSPS) is 13.1. The van der Waals surface area contributed by atoms with Gasteiger partial charge in [0.2, 0.25) is 0 Å². The molecule has 0 amide bonds. The van der Waals surface area contributed by atoms with E-state index in [0.717, 1.165) is 36.4 Å². The molecule has 0 atom stereocenters. The van der Waals surface area contributed by atoms with E-state index in [2.05, 4.69) is 0 Å². The number of alkyl halides is 24. The Labute approximate surface area is 580 Å². The van der Waals surface area contributed by atoms with Gasteiger partial charge in [0.05, 0.1) is 89.3 Å². The lowest BCUT2D eigenvalue weighted by Crippen LogP contribution is -2.12. The van der Waals surface area contributed by atoms with E-state index in [1.165, 1.54) is 100 Å². The second-order valence-electron chi connectivity index (χ2n) is 24.5. The quantitative estimate of drug-likeness (QED) is 0.135. The molecule has 14 aromatic rings. The highest BCUT2D eigenvalue weighted by atomic mass is 19.4. The van der Waals surface area contributed by atoms with Crippen molar-refractivity contribution in [3.8, 4) is 89.8 Å². The number of halogens is 24. The Morgan fingerprint density at radius 2 is 0.481 bits per heavy atom. The van der Waals surface area contributed by atoms with Crippen molar-refractivity contribution in [3.05, 3.63) is 275 Å². The van der Waals surface area contributed by atoms with Crippen molar-refractivity contribution in [2.75, 3.05) is 0 Å². The van der Waals surface area contributed by atoms with Gasteiger partial charge < -0.3 is 9.13 Å². The minimum atomic E-state index is -5.42. The molecule has 0 spiro atoms. The van der Waals surface area contributed by atoms with Crippen LogP contribution in [0.2, 0.25) is 0 Å². The maximum absolute atomic E-state index is 15.0. The van der Waals surface area contributed by atoms with Crippen LogP contribution < -0.4 is 0 Å². The third kappa shape index (κ3) is 13.1. The molecule has 0 saturated carbocycles. The largest absolute Gasteiger partial charge is 0.417 e. The van der Waals surface area contributed by atoms with Crippen LogP contribution in [0.4, 0.5) is 105 Å². The Hall–Kier alpha value is -11.6. The van der Waals surface area contributed by atoms with E-state index in [9.17, 15) is 52.7 Å². The number of para-hydroxylation sites is 2. The van der Waals surface area contributed by atoms with Crippen LogP contribution >= 0.6 is 0 Å². The predicted octanol–water partition coefficient (Wildman–Crippen LogP) is 26.5. The van der Waals surface area contributed by atoms with Crippen molar-refractivity contribution in [1.82, 2.24) is 19.1 Å². The summed E-state index contributed by atoms with van der Waals surface area (Å²) in [6.07, 6.45) is -42.7. The Bertz CT molecular complexity index is 5240. The third-order valence-electron chi connectivity index (χ3n) is 18.0. The highest BCUT2D eigenvalue weighted by Gasteiger charge is 2.43. The fourth-order valence-electron chi connectivity index (χ4n) is 13.3. The topological polar surface area (TPSA) is 35.6 Å². The zero-order valence-corrected chi connectivity index (χ0v) is 52.8. The second kappa shape index (κ2) is 25.1. The van der Waals surface area contributed by atoms with E-state index in [-0.39, 0.29) is 130 Å². The zero-order chi connectivity index (χ0) is 75.9. The molecule has 0 unspecified atom stereocenters. The summed E-state index contributed by atoms with van der Waals surface area (Å²) < 4.78 is 352. The van der Waals surface area contributed by atoms with Gasteiger partial charge in [-0.25, -0.2) is 9.97 Å². The first-order chi connectivity index (χ1) is 49.6. The molecule has 3 heterocycles. The van der Waals surface area contributed by atoms with E-state index < -0.39 is 116 Å². The molecule has 4 nitrogen and oxygen atoms in total. The average molecular weight is 1490 g/mol. The third-order valence-corrected chi connectivity index (χ3v) is 18.0. The summed E-state index contributed by atoms with van der Waals surface area (Å²) in [4.78, 5) is 10.1. The van der Waals surface area contributed by atoms with Crippen LogP contribution in [-0.4, -0.2) is 19.1 Å². The maximum atomic E-state index is 15.0. The first-order valence-corrected chi connectivity index (χ1v) is 31.1. The fraction of sp³-hybridized carbons (Fsp3) is 0.103. The first-order valence-electron chi connectivity index (χ1n) is 31.1. The smallest absolute Gasteiger partial charge is 0.309 e. The van der Waals surface area contributed by atoms with Crippen molar-refractivity contribution >= 4 is 43.6 Å². The molecular weight excluding hydrogens is 1450 g/mol. The Balaban J connectivity index is 1.04. The Morgan fingerprint density at radius 3 is 0.783 bits per heavy atom. The van der Waals surface area contributed by atoms with Gasteiger partial charge in [0, 0.05) is 38.2 Å². The van der Waals surface area contributed by atoms with Crippen LogP contribution in [0, 0.1) is 0 Å². The molecule has 0 saturated heterocycles. The van der Waals surface area contributed by atoms with Gasteiger partial charge >= 0.3 is 49.4 Å². The number of hydrogen-bond acceptors (Lipinski definition) is 2. The van der Waals surface area contributed by atoms with Crippen molar-refractivity contribution in [2.24, 2.45) is 0 Å². The number of hydrogen-bond donors (Lipinski definition) is 0. The van der Waals surface area contributed by atoms with Crippen LogP contribution in [-0.2, 0) is 49.4 Å². The maximum Gasteiger partial charge on any atom is 0.417 e. The molecular formula is C78H38F24N4. The van der Waals surface area contributed by atoms with Crippen molar-refractivity contribution in [3.63, 3.8) is 0 Å². The van der Waals surface area contributed by atoms with Gasteiger partial charge in [0.15, 0.2) is 5.82 Å². The van der Waals surface area contributed by atoms with Crippen LogP contribution in [0.25, 0.3) is 133 Å². The molecule has 0 fully saturated rings. The van der Waals surface area contributed by atoms with Crippen molar-refractivity contribution < 1.29 is 105 Å². The molecule has 0 aliphatic rings. The molecule has 0 aliphatic heterocycles. The summed E-state index contributed by atoms with van der Waals surface area (Å²) in [5, 5.41) is 0.612. The number of benzene rings is 11. The summed E-state index contributed by atoms with van der Waals surface area (Å²) in [5.74, 6) is -0.246. The monoisotopic (exact) mass is 1490 g/mol. The lowest BCUT2D eigenvalue weighted by Gasteiger charge is -2.19. The molecule has 11 aromatic carbocycles. The highest BCUT2D eigenvalue weighted by molar-refractivity contribution is 6.13. The lowest BCUT2D eigenvalue weighted by molar-refractivity contribution is -0.144. The highest BCUT2D eigenvalue weighted by Crippen LogP contribution is 2.50. The summed E-state index contributed by atoms with van der Waals surface area (Å²) >= 11 is 0. The standard InChI is InChI=1S/C78H38F24N4/c79-71(80,81)44-18-26-48(58(34-44)75(91,92)93)40-14-22-52-53-23-15-41(49-27-19-45(72(82,83)84)35-59(49)76(94,95)96)31-67(53)105(66(52)30-40)64-12-6-4-10-56(64)63-38-62(39-8-2-1-3-9-39)103-70(104-63)57-11-5-7-13-65(57)106-68-32-42(50-28-20-46(73(85,86)87)36-60(50)77(97,98)99)16-24-54(68)55-25-17-43(33-69(55)106)51-29-21-47(74(88,89)90)37-61(51)78(100,101)102/h1-38H. The molecule has 0 N–H and O–H groups in total. The number of fused-ring (bicyclic) bond motifs is 6. The minimum Gasteiger partial charge on any atom is -0.309 e. The molecule has 14 rings (SSSR count). The van der Waals surface area contributed by atoms with Gasteiger partial charge in [-0.15, -0.1) is 0 Å². The molecule has 28 heteroatoms. The lowest BCUT2D eigenvalue weighted by atomic mass is 9.95. The number of nitrogens with zero attached hydrogens (tertiary/aromatic N) is 4. The van der Waals surface area contributed by atoms with Crippen LogP contribution in [0.3, 0.4) is 0 Å². The van der Waals surface area contributed by atoms with Gasteiger partial charge in [0.25, 0.3) is 0 Å². The Kier molecular flexibility index (Phi) is 16.9. The molecule has 106 heavy (non-hydrogen) atoms. The van der Waals surface area contributed by atoms with E-state index in [0.29, 0.717) is 54.1 Å². The van der Waals surface area contributed by atoms with Crippen LogP contribution in [0.15, 0.2) is 231 Å². The Morgan fingerprint density at radius 1 is 0.208 bits per heavy atom. The zero-order valence-electron chi connectivity index (χ0n) is 52.8. The van der Waals surface area contributed by atoms with Gasteiger partial charge in [-0.3, -0.25) is 0 Å². The van der Waals surface area contributed by atoms with E-state index in [1.54, 1.807) is 30.3 Å². The summed E-state index contributed by atoms with van der Waals surface area (Å²) in [6, 6.07) is 39.4. The molecule has 538 valence electrons. The number of rotatable bonds is 9. The summed E-state index contributed by atoms with van der Waals surface area (Å²) in [6.45, 7) is 0. The van der Waals surface area contributed by atoms with E-state index in [4.69, 9.17) is 9.97 Å². The second-order valence-corrected chi connectivity index (χ2v) is 24.5. The van der Waals surface area contributed by atoms with Crippen LogP contribution in [0.1, 0.15) is 44.5 Å². The fourth-order valence-corrected chi connectivity index (χ4v) is 13.3. The van der Waals surface area contributed by atoms with Gasteiger partial charge in [-0.2, -0.15) is 105 Å². The predicted molar refractivity (Wildman–Crippen MR) is 349 cm³/mol. The molecule has 0 radical (unpaired) electrons. The van der Waals surface area contributed by atoms with E-state index in [1.807, 2.05) is 0 Å². The van der Waals surface area contributed by atoms with Gasteiger partial charge in [-0.05, 0) is 142 Å². The van der Waals surface area contributed by atoms with Crippen LogP contribution in [0.5, 0.6) is 0 Å². The van der Waals surface area contributed by atoms with Crippen molar-refractivity contribution in [1.29, 1.82) is 0 Å². The summed E-state index contributed by atoms with van der Waals surface area (Å²) in [5.41, 5.74) is -17.7. The molecule has 0 bridgehead atoms. The molecule has 3 aromatic heterocycles. The van der Waals surface area contributed by atoms with E-state index >= 15 is 52.7 Å². The number of aromatic nitrogens is 4. The van der Waals surface area contributed by atoms with Gasteiger partial charge in [0.1, 0.15) is 0 Å². The minimum absolute atomic E-state index is 0.00566.